The fourth-order valence-corrected chi connectivity index (χ4v) is 3.73. The number of rotatable bonds is 5. The molecule has 1 aliphatic rings. The van der Waals surface area contributed by atoms with Crippen LogP contribution in [0.2, 0.25) is 0 Å². The van der Waals surface area contributed by atoms with Gasteiger partial charge in [0.2, 0.25) is 0 Å². The van der Waals surface area contributed by atoms with Crippen LogP contribution in [0.15, 0.2) is 48.3 Å². The maximum Gasteiger partial charge on any atom is 0.131 e. The molecule has 0 atom stereocenters. The summed E-state index contributed by atoms with van der Waals surface area (Å²) in [5, 5.41) is 0. The highest BCUT2D eigenvalue weighted by atomic mass is 35.5. The molecule has 2 nitrogen and oxygen atoms in total. The first kappa shape index (κ1) is 17.2. The van der Waals surface area contributed by atoms with Gasteiger partial charge in [-0.2, -0.15) is 0 Å². The summed E-state index contributed by atoms with van der Waals surface area (Å²) in [5.74, 6) is 2.11. The quantitative estimate of drug-likeness (QED) is 0.655. The summed E-state index contributed by atoms with van der Waals surface area (Å²) < 4.78 is 0. The molecule has 0 saturated heterocycles. The zero-order chi connectivity index (χ0) is 16.8. The average molecular weight is 341 g/mol. The van der Waals surface area contributed by atoms with Crippen molar-refractivity contribution in [3.63, 3.8) is 0 Å². The van der Waals surface area contributed by atoms with Crippen molar-refractivity contribution in [2.75, 3.05) is 0 Å². The van der Waals surface area contributed by atoms with Crippen molar-refractivity contribution in [1.29, 1.82) is 0 Å². The molecule has 0 N–H and O–H groups in total. The monoisotopic (exact) mass is 340 g/mol. The Morgan fingerprint density at radius 1 is 1.00 bits per heavy atom. The zero-order valence-corrected chi connectivity index (χ0v) is 15.0. The molecular formula is C21H25ClN2. The van der Waals surface area contributed by atoms with Gasteiger partial charge >= 0.3 is 0 Å². The number of nitrogens with zero attached hydrogens (tertiary/aromatic N) is 2. The Bertz CT molecular complexity index is 653. The van der Waals surface area contributed by atoms with E-state index in [9.17, 15) is 0 Å². The predicted molar refractivity (Wildman–Crippen MR) is 101 cm³/mol. The SMILES string of the molecule is CCCc1ccc(-c2cnc(C3CCC(/C=C/Cl)CC3)nc2)cc1. The normalized spacial score (nSPS) is 21.2. The highest BCUT2D eigenvalue weighted by Crippen LogP contribution is 2.35. The van der Waals surface area contributed by atoms with E-state index in [-0.39, 0.29) is 0 Å². The molecule has 0 bridgehead atoms. The van der Waals surface area contributed by atoms with Gasteiger partial charge in [-0.3, -0.25) is 0 Å². The van der Waals surface area contributed by atoms with Crippen molar-refractivity contribution >= 4 is 11.6 Å². The Morgan fingerprint density at radius 3 is 2.25 bits per heavy atom. The van der Waals surface area contributed by atoms with Crippen molar-refractivity contribution in [3.05, 3.63) is 59.7 Å². The lowest BCUT2D eigenvalue weighted by atomic mass is 9.81. The molecule has 0 unspecified atom stereocenters. The third-order valence-corrected chi connectivity index (χ3v) is 5.13. The molecule has 3 rings (SSSR count). The third-order valence-electron chi connectivity index (χ3n) is 4.98. The highest BCUT2D eigenvalue weighted by Gasteiger charge is 2.22. The van der Waals surface area contributed by atoms with E-state index >= 15 is 0 Å². The molecule has 1 heterocycles. The molecular weight excluding hydrogens is 316 g/mol. The summed E-state index contributed by atoms with van der Waals surface area (Å²) in [4.78, 5) is 9.31. The first-order valence-corrected chi connectivity index (χ1v) is 9.42. The van der Waals surface area contributed by atoms with Crippen LogP contribution in [-0.4, -0.2) is 9.97 Å². The summed E-state index contributed by atoms with van der Waals surface area (Å²) in [7, 11) is 0. The van der Waals surface area contributed by atoms with Gasteiger partial charge in [-0.25, -0.2) is 9.97 Å². The first-order chi connectivity index (χ1) is 11.8. The molecule has 1 fully saturated rings. The summed E-state index contributed by atoms with van der Waals surface area (Å²) in [5.41, 5.74) is 5.33. The van der Waals surface area contributed by atoms with Crippen molar-refractivity contribution in [1.82, 2.24) is 9.97 Å². The van der Waals surface area contributed by atoms with Crippen LogP contribution in [0, 0.1) is 5.92 Å². The lowest BCUT2D eigenvalue weighted by Gasteiger charge is -2.25. The van der Waals surface area contributed by atoms with Crippen molar-refractivity contribution in [3.8, 4) is 11.1 Å². The van der Waals surface area contributed by atoms with Crippen LogP contribution in [0.5, 0.6) is 0 Å². The van der Waals surface area contributed by atoms with E-state index < -0.39 is 0 Å². The summed E-state index contributed by atoms with van der Waals surface area (Å²) in [6.07, 6.45) is 13.0. The largest absolute Gasteiger partial charge is 0.240 e. The number of aryl methyl sites for hydroxylation is 1. The summed E-state index contributed by atoms with van der Waals surface area (Å²) >= 11 is 5.69. The van der Waals surface area contributed by atoms with Crippen LogP contribution in [0.25, 0.3) is 11.1 Å². The predicted octanol–water partition coefficient (Wildman–Crippen LogP) is 6.12. The van der Waals surface area contributed by atoms with Gasteiger partial charge in [0, 0.05) is 29.4 Å². The second kappa shape index (κ2) is 8.43. The maximum atomic E-state index is 5.69. The van der Waals surface area contributed by atoms with E-state index in [0.29, 0.717) is 11.8 Å². The van der Waals surface area contributed by atoms with E-state index in [1.54, 1.807) is 5.54 Å². The minimum atomic E-state index is 0.492. The molecule has 1 aromatic heterocycles. The number of halogens is 1. The van der Waals surface area contributed by atoms with Crippen molar-refractivity contribution in [2.45, 2.75) is 51.4 Å². The molecule has 0 radical (unpaired) electrons. The molecule has 0 spiro atoms. The molecule has 1 saturated carbocycles. The zero-order valence-electron chi connectivity index (χ0n) is 14.3. The average Bonchev–Trinajstić information content (AvgIpc) is 2.64. The molecule has 2 aromatic rings. The number of allylic oxidation sites excluding steroid dienone is 1. The highest BCUT2D eigenvalue weighted by molar-refractivity contribution is 6.25. The van der Waals surface area contributed by atoms with Gasteiger partial charge in [-0.15, -0.1) is 0 Å². The Morgan fingerprint density at radius 2 is 1.67 bits per heavy atom. The van der Waals surface area contributed by atoms with Gasteiger partial charge in [0.15, 0.2) is 0 Å². The van der Waals surface area contributed by atoms with Crippen LogP contribution in [-0.2, 0) is 6.42 Å². The standard InChI is InChI=1S/C21H25ClN2/c1-2-3-16-4-8-18(9-5-16)20-14-23-21(24-15-20)19-10-6-17(7-11-19)12-13-22/h4-5,8-9,12-15,17,19H,2-3,6-7,10-11H2,1H3/b13-12+. The second-order valence-corrected chi connectivity index (χ2v) is 6.96. The van der Waals surface area contributed by atoms with Gasteiger partial charge in [-0.1, -0.05) is 55.3 Å². The van der Waals surface area contributed by atoms with Gasteiger partial charge in [0.25, 0.3) is 0 Å². The topological polar surface area (TPSA) is 25.8 Å². The molecule has 0 aliphatic heterocycles. The Hall–Kier alpha value is -1.67. The lowest BCUT2D eigenvalue weighted by molar-refractivity contribution is 0.366. The van der Waals surface area contributed by atoms with Crippen LogP contribution in [0.3, 0.4) is 0 Å². The van der Waals surface area contributed by atoms with Crippen LogP contribution >= 0.6 is 11.6 Å². The Balaban J connectivity index is 1.65. The van der Waals surface area contributed by atoms with E-state index in [1.165, 1.54) is 30.4 Å². The number of hydrogen-bond donors (Lipinski definition) is 0. The number of aromatic nitrogens is 2. The number of hydrogen-bond acceptors (Lipinski definition) is 2. The van der Waals surface area contributed by atoms with E-state index in [0.717, 1.165) is 30.7 Å². The molecule has 1 aliphatic carbocycles. The minimum absolute atomic E-state index is 0.492. The Labute approximate surface area is 150 Å². The van der Waals surface area contributed by atoms with Crippen LogP contribution in [0.1, 0.15) is 56.3 Å². The summed E-state index contributed by atoms with van der Waals surface area (Å²) in [6.45, 7) is 2.21. The maximum absolute atomic E-state index is 5.69. The smallest absolute Gasteiger partial charge is 0.131 e. The first-order valence-electron chi connectivity index (χ1n) is 8.98. The summed E-state index contributed by atoms with van der Waals surface area (Å²) in [6, 6.07) is 8.76. The number of benzene rings is 1. The molecule has 0 amide bonds. The second-order valence-electron chi connectivity index (χ2n) is 6.71. The third kappa shape index (κ3) is 4.24. The Kier molecular flexibility index (Phi) is 6.03. The van der Waals surface area contributed by atoms with Gasteiger partial charge in [-0.05, 0) is 49.1 Å². The van der Waals surface area contributed by atoms with Crippen molar-refractivity contribution < 1.29 is 0 Å². The molecule has 126 valence electrons. The molecule has 1 aromatic carbocycles. The van der Waals surface area contributed by atoms with E-state index in [4.69, 9.17) is 11.6 Å². The van der Waals surface area contributed by atoms with Crippen LogP contribution in [0.4, 0.5) is 0 Å². The lowest BCUT2D eigenvalue weighted by Crippen LogP contribution is -2.13. The fourth-order valence-electron chi connectivity index (χ4n) is 3.52. The van der Waals surface area contributed by atoms with E-state index in [2.05, 4.69) is 47.2 Å². The van der Waals surface area contributed by atoms with Gasteiger partial charge in [0.1, 0.15) is 5.82 Å². The van der Waals surface area contributed by atoms with Crippen LogP contribution < -0.4 is 0 Å². The van der Waals surface area contributed by atoms with E-state index in [1.807, 2.05) is 12.4 Å². The minimum Gasteiger partial charge on any atom is -0.240 e. The fraction of sp³-hybridized carbons (Fsp3) is 0.429. The van der Waals surface area contributed by atoms with Gasteiger partial charge < -0.3 is 0 Å². The molecule has 3 heteroatoms. The van der Waals surface area contributed by atoms with Gasteiger partial charge in [0.05, 0.1) is 0 Å². The van der Waals surface area contributed by atoms with Crippen molar-refractivity contribution in [2.24, 2.45) is 5.92 Å². The molecule has 24 heavy (non-hydrogen) atoms.